The predicted octanol–water partition coefficient (Wildman–Crippen LogP) is 1.08. The van der Waals surface area contributed by atoms with Crippen molar-refractivity contribution < 1.29 is 9.53 Å². The van der Waals surface area contributed by atoms with Crippen molar-refractivity contribution in [1.29, 1.82) is 0 Å². The summed E-state index contributed by atoms with van der Waals surface area (Å²) in [5.41, 5.74) is 0.576. The van der Waals surface area contributed by atoms with E-state index in [1.807, 2.05) is 0 Å². The molecule has 0 fully saturated rings. The summed E-state index contributed by atoms with van der Waals surface area (Å²) >= 11 is 4.84. The number of rotatable bonds is 1. The molecule has 2 aromatic heterocycles. The molecule has 0 aliphatic heterocycles. The second kappa shape index (κ2) is 4.10. The first-order valence-corrected chi connectivity index (χ1v) is 5.16. The van der Waals surface area contributed by atoms with Crippen LogP contribution in [0.2, 0.25) is 0 Å². The number of methoxy groups -OCH3 is 1. The second-order valence-electron chi connectivity index (χ2n) is 3.43. The summed E-state index contributed by atoms with van der Waals surface area (Å²) in [5.74, 6) is -0.587. The summed E-state index contributed by atoms with van der Waals surface area (Å²) in [6.07, 6.45) is 0. The third-order valence-corrected chi connectivity index (χ3v) is 2.44. The van der Waals surface area contributed by atoms with Crippen molar-refractivity contribution >= 4 is 29.2 Å². The van der Waals surface area contributed by atoms with Gasteiger partial charge in [-0.15, -0.1) is 0 Å². The van der Waals surface area contributed by atoms with Gasteiger partial charge in [0.1, 0.15) is 5.65 Å². The van der Waals surface area contributed by atoms with Crippen molar-refractivity contribution in [1.82, 2.24) is 15.0 Å². The maximum Gasteiger partial charge on any atom is 0.338 e. The number of esters is 1. The van der Waals surface area contributed by atoms with Crippen LogP contribution in [0.4, 0.5) is 0 Å². The summed E-state index contributed by atoms with van der Waals surface area (Å²) in [7, 11) is 1.25. The topological polar surface area (TPSA) is 87.8 Å². The molecule has 0 spiro atoms. The van der Waals surface area contributed by atoms with Crippen molar-refractivity contribution in [2.75, 3.05) is 7.11 Å². The molecule has 0 aliphatic carbocycles. The molecule has 2 N–H and O–H groups in total. The van der Waals surface area contributed by atoms with Gasteiger partial charge in [0.25, 0.3) is 5.56 Å². The van der Waals surface area contributed by atoms with Gasteiger partial charge in [0, 0.05) is 5.69 Å². The molecule has 0 amide bonds. The minimum absolute atomic E-state index is 0.149. The molecule has 0 saturated heterocycles. The van der Waals surface area contributed by atoms with Gasteiger partial charge in [-0.25, -0.2) is 9.78 Å². The molecule has 17 heavy (non-hydrogen) atoms. The van der Waals surface area contributed by atoms with Crippen LogP contribution in [-0.2, 0) is 4.74 Å². The Kier molecular flexibility index (Phi) is 2.76. The molecule has 0 saturated carbocycles. The third-order valence-electron chi connectivity index (χ3n) is 2.24. The average Bonchev–Trinajstić information content (AvgIpc) is 2.25. The summed E-state index contributed by atoms with van der Waals surface area (Å²) in [4.78, 5) is 32.6. The van der Waals surface area contributed by atoms with Crippen LogP contribution < -0.4 is 5.56 Å². The zero-order valence-corrected chi connectivity index (χ0v) is 9.97. The number of ether oxygens (including phenoxy) is 1. The fourth-order valence-corrected chi connectivity index (χ4v) is 1.76. The fourth-order valence-electron chi connectivity index (χ4n) is 1.57. The molecule has 0 radical (unpaired) electrons. The first-order valence-electron chi connectivity index (χ1n) is 4.75. The SMILES string of the molecule is COC(=O)c1cc(C)nc2[nH]c(=S)[nH]c(=O)c12. The number of fused-ring (bicyclic) bond motifs is 1. The lowest BCUT2D eigenvalue weighted by Gasteiger charge is -2.04. The maximum absolute atomic E-state index is 11.8. The number of nitrogens with zero attached hydrogens (tertiary/aromatic N) is 1. The Bertz CT molecular complexity index is 717. The lowest BCUT2D eigenvalue weighted by molar-refractivity contribution is 0.0602. The maximum atomic E-state index is 11.8. The van der Waals surface area contributed by atoms with E-state index in [2.05, 4.69) is 19.7 Å². The molecule has 2 aromatic rings. The number of aryl methyl sites for hydroxylation is 1. The molecule has 88 valence electrons. The van der Waals surface area contributed by atoms with E-state index < -0.39 is 11.5 Å². The molecule has 0 bridgehead atoms. The van der Waals surface area contributed by atoms with E-state index >= 15 is 0 Å². The smallest absolute Gasteiger partial charge is 0.338 e. The lowest BCUT2D eigenvalue weighted by atomic mass is 10.1. The zero-order chi connectivity index (χ0) is 12.6. The summed E-state index contributed by atoms with van der Waals surface area (Å²) < 4.78 is 4.79. The van der Waals surface area contributed by atoms with E-state index in [9.17, 15) is 9.59 Å². The van der Waals surface area contributed by atoms with E-state index in [4.69, 9.17) is 12.2 Å². The molecule has 7 heteroatoms. The second-order valence-corrected chi connectivity index (χ2v) is 3.84. The third kappa shape index (κ3) is 1.96. The fraction of sp³-hybridized carbons (Fsp3) is 0.200. The molecule has 0 unspecified atom stereocenters. The van der Waals surface area contributed by atoms with Crippen molar-refractivity contribution in [3.63, 3.8) is 0 Å². The number of nitrogens with one attached hydrogen (secondary N) is 2. The summed E-state index contributed by atoms with van der Waals surface area (Å²) in [6, 6.07) is 1.50. The van der Waals surface area contributed by atoms with E-state index in [1.54, 1.807) is 6.92 Å². The van der Waals surface area contributed by atoms with Gasteiger partial charge in [-0.3, -0.25) is 9.78 Å². The predicted molar refractivity (Wildman–Crippen MR) is 63.6 cm³/mol. The highest BCUT2D eigenvalue weighted by atomic mass is 32.1. The van der Waals surface area contributed by atoms with Crippen LogP contribution in [0, 0.1) is 11.7 Å². The van der Waals surface area contributed by atoms with Crippen LogP contribution in [0.25, 0.3) is 11.0 Å². The number of hydrogen-bond donors (Lipinski definition) is 2. The van der Waals surface area contributed by atoms with Crippen LogP contribution in [0.5, 0.6) is 0 Å². The van der Waals surface area contributed by atoms with Gasteiger partial charge >= 0.3 is 5.97 Å². The number of hydrogen-bond acceptors (Lipinski definition) is 5. The number of aromatic amines is 2. The highest BCUT2D eigenvalue weighted by Gasteiger charge is 2.15. The number of carbonyl (C=O) groups excluding carboxylic acids is 1. The van der Waals surface area contributed by atoms with Crippen LogP contribution >= 0.6 is 12.2 Å². The Morgan fingerprint density at radius 1 is 1.47 bits per heavy atom. The van der Waals surface area contributed by atoms with Crippen LogP contribution in [0.15, 0.2) is 10.9 Å². The van der Waals surface area contributed by atoms with Crippen LogP contribution in [-0.4, -0.2) is 28.0 Å². The molecular formula is C10H9N3O3S. The Hall–Kier alpha value is -2.02. The van der Waals surface area contributed by atoms with Gasteiger partial charge in [0.05, 0.1) is 18.1 Å². The van der Waals surface area contributed by atoms with Gasteiger partial charge < -0.3 is 9.72 Å². The van der Waals surface area contributed by atoms with E-state index in [-0.39, 0.29) is 21.4 Å². The first-order chi connectivity index (χ1) is 8.02. The highest BCUT2D eigenvalue weighted by molar-refractivity contribution is 7.71. The normalized spacial score (nSPS) is 10.5. The Balaban J connectivity index is 2.98. The van der Waals surface area contributed by atoms with E-state index in [0.29, 0.717) is 5.69 Å². The minimum atomic E-state index is -0.587. The molecule has 0 aliphatic rings. The van der Waals surface area contributed by atoms with E-state index in [1.165, 1.54) is 13.2 Å². The summed E-state index contributed by atoms with van der Waals surface area (Å²) in [5, 5.41) is 0.149. The van der Waals surface area contributed by atoms with Crippen LogP contribution in [0.1, 0.15) is 16.1 Å². The first kappa shape index (κ1) is 11.5. The Labute approximate surface area is 101 Å². The van der Waals surface area contributed by atoms with Gasteiger partial charge in [-0.2, -0.15) is 0 Å². The molecule has 6 nitrogen and oxygen atoms in total. The standard InChI is InChI=1S/C10H9N3O3S/c1-4-3-5(9(15)16-2)6-7(11-4)12-10(17)13-8(6)14/h3H,1-2H3,(H2,11,12,13,14,17). The Morgan fingerprint density at radius 3 is 2.82 bits per heavy atom. The minimum Gasteiger partial charge on any atom is -0.465 e. The average molecular weight is 251 g/mol. The van der Waals surface area contributed by atoms with Crippen molar-refractivity contribution in [2.24, 2.45) is 0 Å². The van der Waals surface area contributed by atoms with Gasteiger partial charge in [0.2, 0.25) is 0 Å². The van der Waals surface area contributed by atoms with Crippen molar-refractivity contribution in [3.8, 4) is 0 Å². The number of pyridine rings is 1. The molecule has 2 rings (SSSR count). The quantitative estimate of drug-likeness (QED) is 0.585. The summed E-state index contributed by atoms with van der Waals surface area (Å²) in [6.45, 7) is 1.71. The van der Waals surface area contributed by atoms with E-state index in [0.717, 1.165) is 0 Å². The largest absolute Gasteiger partial charge is 0.465 e. The molecule has 2 heterocycles. The number of aromatic nitrogens is 3. The van der Waals surface area contributed by atoms with Crippen LogP contribution in [0.3, 0.4) is 0 Å². The Morgan fingerprint density at radius 2 is 2.18 bits per heavy atom. The van der Waals surface area contributed by atoms with Crippen molar-refractivity contribution in [3.05, 3.63) is 32.4 Å². The van der Waals surface area contributed by atoms with Gasteiger partial charge in [-0.05, 0) is 25.2 Å². The molecule has 0 aromatic carbocycles. The lowest BCUT2D eigenvalue weighted by Crippen LogP contribution is -2.15. The number of H-pyrrole nitrogens is 2. The molecular weight excluding hydrogens is 242 g/mol. The zero-order valence-electron chi connectivity index (χ0n) is 9.16. The number of carbonyl (C=O) groups is 1. The van der Waals surface area contributed by atoms with Gasteiger partial charge in [0.15, 0.2) is 4.77 Å². The monoisotopic (exact) mass is 251 g/mol. The molecule has 0 atom stereocenters. The highest BCUT2D eigenvalue weighted by Crippen LogP contribution is 2.13. The van der Waals surface area contributed by atoms with Gasteiger partial charge in [-0.1, -0.05) is 0 Å². The van der Waals surface area contributed by atoms with Crippen molar-refractivity contribution in [2.45, 2.75) is 6.92 Å².